The number of rotatable bonds is 5. The molecule has 21 heavy (non-hydrogen) atoms. The maximum absolute atomic E-state index is 11.2. The first-order valence-electron chi connectivity index (χ1n) is 7.54. The number of hydrogen-bond donors (Lipinski definition) is 0. The van der Waals surface area contributed by atoms with Crippen molar-refractivity contribution in [2.45, 2.75) is 32.9 Å². The highest BCUT2D eigenvalue weighted by Crippen LogP contribution is 2.15. The van der Waals surface area contributed by atoms with Gasteiger partial charge in [-0.2, -0.15) is 0 Å². The summed E-state index contributed by atoms with van der Waals surface area (Å²) in [5, 5.41) is 0. The molecule has 0 aromatic carbocycles. The average molecular weight is 291 g/mol. The molecule has 1 atom stereocenters. The van der Waals surface area contributed by atoms with Gasteiger partial charge < -0.3 is 4.74 Å². The van der Waals surface area contributed by atoms with E-state index < -0.39 is 0 Å². The van der Waals surface area contributed by atoms with Gasteiger partial charge in [0.1, 0.15) is 0 Å². The van der Waals surface area contributed by atoms with Crippen molar-refractivity contribution in [2.75, 3.05) is 33.3 Å². The molecule has 1 aliphatic rings. The van der Waals surface area contributed by atoms with Gasteiger partial charge in [0, 0.05) is 50.7 Å². The summed E-state index contributed by atoms with van der Waals surface area (Å²) in [5.74, 6) is -0.129. The fourth-order valence-electron chi connectivity index (χ4n) is 2.76. The van der Waals surface area contributed by atoms with Gasteiger partial charge in [-0.25, -0.2) is 0 Å². The number of hydrogen-bond acceptors (Lipinski definition) is 5. The van der Waals surface area contributed by atoms with E-state index in [1.54, 1.807) is 0 Å². The first-order chi connectivity index (χ1) is 10.1. The Hall–Kier alpha value is -1.46. The second-order valence-electron chi connectivity index (χ2n) is 5.69. The van der Waals surface area contributed by atoms with Crippen molar-refractivity contribution in [3.8, 4) is 0 Å². The lowest BCUT2D eigenvalue weighted by atomic mass is 10.1. The fourth-order valence-corrected chi connectivity index (χ4v) is 2.76. The van der Waals surface area contributed by atoms with E-state index in [0.717, 1.165) is 38.4 Å². The van der Waals surface area contributed by atoms with Crippen LogP contribution in [0.25, 0.3) is 0 Å². The van der Waals surface area contributed by atoms with Gasteiger partial charge in [-0.15, -0.1) is 0 Å². The van der Waals surface area contributed by atoms with Crippen molar-refractivity contribution in [2.24, 2.45) is 0 Å². The molecule has 0 spiro atoms. The van der Waals surface area contributed by atoms with Crippen LogP contribution in [0.2, 0.25) is 0 Å². The summed E-state index contributed by atoms with van der Waals surface area (Å²) >= 11 is 0. The van der Waals surface area contributed by atoms with E-state index in [-0.39, 0.29) is 5.97 Å². The normalized spacial score (nSPS) is 20.4. The van der Waals surface area contributed by atoms with Crippen LogP contribution in [0.15, 0.2) is 18.3 Å². The number of nitrogens with zero attached hydrogens (tertiary/aromatic N) is 3. The van der Waals surface area contributed by atoms with E-state index in [0.29, 0.717) is 12.5 Å². The minimum absolute atomic E-state index is 0.129. The second kappa shape index (κ2) is 7.52. The molecule has 0 amide bonds. The Morgan fingerprint density at radius 3 is 2.95 bits per heavy atom. The molecule has 0 N–H and O–H groups in total. The van der Waals surface area contributed by atoms with Crippen LogP contribution in [0.5, 0.6) is 0 Å². The molecule has 0 radical (unpaired) electrons. The number of esters is 1. The molecule has 116 valence electrons. The van der Waals surface area contributed by atoms with Crippen LogP contribution in [-0.2, 0) is 16.1 Å². The zero-order chi connectivity index (χ0) is 15.2. The molecule has 5 nitrogen and oxygen atoms in total. The van der Waals surface area contributed by atoms with Crippen LogP contribution in [0.3, 0.4) is 0 Å². The number of aromatic nitrogens is 1. The highest BCUT2D eigenvalue weighted by molar-refractivity contribution is 5.69. The van der Waals surface area contributed by atoms with E-state index >= 15 is 0 Å². The molecule has 0 unspecified atom stereocenters. The summed E-state index contributed by atoms with van der Waals surface area (Å²) in [6, 6.07) is 4.63. The van der Waals surface area contributed by atoms with Crippen molar-refractivity contribution in [3.05, 3.63) is 29.6 Å². The lowest BCUT2D eigenvalue weighted by molar-refractivity contribution is -0.141. The fraction of sp³-hybridized carbons (Fsp3) is 0.625. The van der Waals surface area contributed by atoms with Gasteiger partial charge in [0.25, 0.3) is 0 Å². The Labute approximate surface area is 126 Å². The first kappa shape index (κ1) is 15.9. The van der Waals surface area contributed by atoms with Crippen molar-refractivity contribution < 1.29 is 9.53 Å². The minimum atomic E-state index is -0.129. The predicted molar refractivity (Wildman–Crippen MR) is 81.9 cm³/mol. The molecule has 1 fully saturated rings. The number of aryl methyl sites for hydroxylation is 1. The summed E-state index contributed by atoms with van der Waals surface area (Å²) in [4.78, 5) is 20.4. The number of pyridine rings is 1. The van der Waals surface area contributed by atoms with Crippen molar-refractivity contribution in [1.82, 2.24) is 14.8 Å². The van der Waals surface area contributed by atoms with Crippen LogP contribution in [0.4, 0.5) is 0 Å². The van der Waals surface area contributed by atoms with Gasteiger partial charge in [0.05, 0.1) is 13.5 Å². The van der Waals surface area contributed by atoms with E-state index in [1.807, 2.05) is 12.3 Å². The van der Waals surface area contributed by atoms with Crippen molar-refractivity contribution in [3.63, 3.8) is 0 Å². The van der Waals surface area contributed by atoms with Crippen LogP contribution in [0, 0.1) is 6.92 Å². The molecule has 2 rings (SSSR count). The Balaban J connectivity index is 1.84. The Morgan fingerprint density at radius 2 is 2.29 bits per heavy atom. The lowest BCUT2D eigenvalue weighted by Gasteiger charge is -2.40. The highest BCUT2D eigenvalue weighted by Gasteiger charge is 2.24. The van der Waals surface area contributed by atoms with Gasteiger partial charge >= 0.3 is 5.97 Å². The SMILES string of the molecule is COC(=O)CCN1CCN(Cc2cccnc2C)[C@@H](C)C1. The largest absolute Gasteiger partial charge is 0.469 e. The number of carbonyl (C=O) groups is 1. The molecule has 2 heterocycles. The Bertz CT molecular complexity index is 478. The molecular formula is C16H25N3O2. The zero-order valence-corrected chi connectivity index (χ0v) is 13.2. The van der Waals surface area contributed by atoms with Crippen LogP contribution in [-0.4, -0.2) is 60.1 Å². The molecule has 1 aromatic rings. The monoisotopic (exact) mass is 291 g/mol. The zero-order valence-electron chi connectivity index (χ0n) is 13.2. The van der Waals surface area contributed by atoms with Crippen molar-refractivity contribution >= 4 is 5.97 Å². The smallest absolute Gasteiger partial charge is 0.306 e. The molecule has 1 aromatic heterocycles. The number of piperazine rings is 1. The van der Waals surface area contributed by atoms with Gasteiger partial charge in [-0.3, -0.25) is 19.6 Å². The van der Waals surface area contributed by atoms with E-state index in [4.69, 9.17) is 4.74 Å². The van der Waals surface area contributed by atoms with Crippen molar-refractivity contribution in [1.29, 1.82) is 0 Å². The molecule has 1 aliphatic heterocycles. The summed E-state index contributed by atoms with van der Waals surface area (Å²) < 4.78 is 4.70. The van der Waals surface area contributed by atoms with E-state index in [2.05, 4.69) is 34.7 Å². The van der Waals surface area contributed by atoms with Gasteiger partial charge in [-0.1, -0.05) is 6.07 Å². The molecule has 0 bridgehead atoms. The molecule has 1 saturated heterocycles. The number of methoxy groups -OCH3 is 1. The van der Waals surface area contributed by atoms with Gasteiger partial charge in [0.2, 0.25) is 0 Å². The highest BCUT2D eigenvalue weighted by atomic mass is 16.5. The van der Waals surface area contributed by atoms with Crippen LogP contribution >= 0.6 is 0 Å². The molecule has 5 heteroatoms. The van der Waals surface area contributed by atoms with E-state index in [1.165, 1.54) is 12.7 Å². The van der Waals surface area contributed by atoms with Gasteiger partial charge in [0.15, 0.2) is 0 Å². The number of carbonyl (C=O) groups excluding carboxylic acids is 1. The number of ether oxygens (including phenoxy) is 1. The summed E-state index contributed by atoms with van der Waals surface area (Å²) in [5.41, 5.74) is 2.41. The Kier molecular flexibility index (Phi) is 5.70. The maximum atomic E-state index is 11.2. The van der Waals surface area contributed by atoms with E-state index in [9.17, 15) is 4.79 Å². The van der Waals surface area contributed by atoms with Gasteiger partial charge in [-0.05, 0) is 25.5 Å². The maximum Gasteiger partial charge on any atom is 0.306 e. The summed E-state index contributed by atoms with van der Waals surface area (Å²) in [6.07, 6.45) is 2.32. The quantitative estimate of drug-likeness (QED) is 0.769. The third kappa shape index (κ3) is 4.51. The lowest BCUT2D eigenvalue weighted by Crippen LogP contribution is -2.51. The summed E-state index contributed by atoms with van der Waals surface area (Å²) in [6.45, 7) is 9.07. The van der Waals surface area contributed by atoms with Crippen LogP contribution in [0.1, 0.15) is 24.6 Å². The molecular weight excluding hydrogens is 266 g/mol. The average Bonchev–Trinajstić information content (AvgIpc) is 2.49. The molecule has 0 aliphatic carbocycles. The summed E-state index contributed by atoms with van der Waals surface area (Å²) in [7, 11) is 1.44. The predicted octanol–water partition coefficient (Wildman–Crippen LogP) is 1.46. The Morgan fingerprint density at radius 1 is 1.48 bits per heavy atom. The first-order valence-corrected chi connectivity index (χ1v) is 7.54. The minimum Gasteiger partial charge on any atom is -0.469 e. The topological polar surface area (TPSA) is 45.7 Å². The van der Waals surface area contributed by atoms with Crippen LogP contribution < -0.4 is 0 Å². The second-order valence-corrected chi connectivity index (χ2v) is 5.69. The standard InChI is InChI=1S/C16H25N3O2/c1-13-11-18(8-6-16(20)21-3)9-10-19(13)12-15-5-4-7-17-14(15)2/h4-5,7,13H,6,8-12H2,1-3H3/t13-/m0/s1. The third-order valence-electron chi connectivity index (χ3n) is 4.20. The third-order valence-corrected chi connectivity index (χ3v) is 4.20. The molecule has 0 saturated carbocycles.